The molecule has 19 heavy (non-hydrogen) atoms. The Balaban J connectivity index is 1.74. The lowest BCUT2D eigenvalue weighted by atomic mass is 9.85. The van der Waals surface area contributed by atoms with Crippen LogP contribution in [0.1, 0.15) is 0 Å². The Bertz CT molecular complexity index is 580. The molecule has 2 fully saturated rings. The average molecular weight is 259 g/mol. The van der Waals surface area contributed by atoms with Crippen molar-refractivity contribution >= 4 is 17.5 Å². The lowest BCUT2D eigenvalue weighted by Gasteiger charge is -2.17. The van der Waals surface area contributed by atoms with E-state index in [9.17, 15) is 14.0 Å². The van der Waals surface area contributed by atoms with Gasteiger partial charge >= 0.3 is 0 Å². The van der Waals surface area contributed by atoms with E-state index in [1.165, 1.54) is 24.3 Å². The van der Waals surface area contributed by atoms with Gasteiger partial charge in [0.05, 0.1) is 29.7 Å². The van der Waals surface area contributed by atoms with Crippen molar-refractivity contribution in [3.8, 4) is 0 Å². The molecular weight excluding hydrogens is 249 g/mol. The Kier molecular flexibility index (Phi) is 2.01. The number of hydrogen-bond acceptors (Lipinski definition) is 3. The van der Waals surface area contributed by atoms with Crippen molar-refractivity contribution in [3.05, 3.63) is 42.2 Å². The summed E-state index contributed by atoms with van der Waals surface area (Å²) in [6.07, 6.45) is 3.09. The van der Waals surface area contributed by atoms with Gasteiger partial charge in [-0.3, -0.25) is 9.59 Å². The van der Waals surface area contributed by atoms with Crippen LogP contribution >= 0.6 is 0 Å². The topological polar surface area (TPSA) is 46.6 Å². The summed E-state index contributed by atoms with van der Waals surface area (Å²) in [4.78, 5) is 25.9. The molecule has 2 amide bonds. The van der Waals surface area contributed by atoms with Crippen molar-refractivity contribution < 1.29 is 18.7 Å². The van der Waals surface area contributed by atoms with Crippen molar-refractivity contribution in [1.29, 1.82) is 0 Å². The second-order valence-corrected chi connectivity index (χ2v) is 4.99. The Hall–Kier alpha value is -2.01. The normalized spacial score (nSPS) is 35.3. The van der Waals surface area contributed by atoms with Crippen LogP contribution in [0.3, 0.4) is 0 Å². The molecule has 2 saturated heterocycles. The molecule has 1 aromatic rings. The second kappa shape index (κ2) is 3.51. The fourth-order valence-corrected chi connectivity index (χ4v) is 3.15. The third-order valence-electron chi connectivity index (χ3n) is 4.00. The standard InChI is InChI=1S/C14H10FNO3/c15-7-1-3-8(4-2-7)16-13(17)11-9-5-6-10(19-9)12(11)14(16)18/h1-6,9-12H/t9-,10-,11-,12+/m0/s1. The number of halogens is 1. The van der Waals surface area contributed by atoms with Crippen LogP contribution in [0.25, 0.3) is 0 Å². The first-order valence-corrected chi connectivity index (χ1v) is 6.14. The van der Waals surface area contributed by atoms with Gasteiger partial charge in [0.2, 0.25) is 11.8 Å². The first-order chi connectivity index (χ1) is 9.16. The van der Waals surface area contributed by atoms with Crippen LogP contribution in [-0.2, 0) is 14.3 Å². The molecule has 4 atom stereocenters. The number of anilines is 1. The smallest absolute Gasteiger partial charge is 0.240 e. The number of carbonyl (C=O) groups is 2. The van der Waals surface area contributed by atoms with Crippen molar-refractivity contribution in [3.63, 3.8) is 0 Å². The number of carbonyl (C=O) groups excluding carboxylic acids is 2. The first kappa shape index (κ1) is 10.9. The Morgan fingerprint density at radius 2 is 1.47 bits per heavy atom. The highest BCUT2D eigenvalue weighted by Crippen LogP contribution is 2.46. The molecule has 3 aliphatic rings. The van der Waals surface area contributed by atoms with Crippen molar-refractivity contribution in [1.82, 2.24) is 0 Å². The van der Waals surface area contributed by atoms with Crippen LogP contribution in [0.15, 0.2) is 36.4 Å². The molecule has 0 unspecified atom stereocenters. The van der Waals surface area contributed by atoms with Gasteiger partial charge in [0.15, 0.2) is 0 Å². The largest absolute Gasteiger partial charge is 0.365 e. The number of fused-ring (bicyclic) bond motifs is 5. The molecular formula is C14H10FNO3. The summed E-state index contributed by atoms with van der Waals surface area (Å²) in [5.41, 5.74) is 0.421. The zero-order valence-corrected chi connectivity index (χ0v) is 9.82. The lowest BCUT2D eigenvalue weighted by Crippen LogP contribution is -2.34. The number of hydrogen-bond donors (Lipinski definition) is 0. The zero-order valence-electron chi connectivity index (χ0n) is 9.82. The Labute approximate surface area is 108 Å². The monoisotopic (exact) mass is 259 g/mol. The van der Waals surface area contributed by atoms with E-state index in [1.807, 2.05) is 12.2 Å². The molecule has 0 aliphatic carbocycles. The molecule has 1 aromatic carbocycles. The number of benzene rings is 1. The van der Waals surface area contributed by atoms with Gasteiger partial charge in [0.25, 0.3) is 0 Å². The highest BCUT2D eigenvalue weighted by atomic mass is 19.1. The highest BCUT2D eigenvalue weighted by Gasteiger charge is 2.60. The molecule has 2 bridgehead atoms. The average Bonchev–Trinajstić information content (AvgIpc) is 3.06. The molecule has 3 heterocycles. The minimum Gasteiger partial charge on any atom is -0.365 e. The van der Waals surface area contributed by atoms with Crippen molar-refractivity contribution in [2.45, 2.75) is 12.2 Å². The minimum atomic E-state index is -0.424. The third kappa shape index (κ3) is 1.30. The van der Waals surface area contributed by atoms with Crippen molar-refractivity contribution in [2.24, 2.45) is 11.8 Å². The van der Waals surface area contributed by atoms with Gasteiger partial charge in [0, 0.05) is 0 Å². The summed E-state index contributed by atoms with van der Waals surface area (Å²) in [6, 6.07) is 5.38. The maximum absolute atomic E-state index is 12.9. The summed E-state index contributed by atoms with van der Waals surface area (Å²) in [5, 5.41) is 0. The van der Waals surface area contributed by atoms with Gasteiger partial charge in [-0.15, -0.1) is 0 Å². The van der Waals surface area contributed by atoms with Crippen LogP contribution < -0.4 is 4.90 Å². The van der Waals surface area contributed by atoms with E-state index in [-0.39, 0.29) is 24.0 Å². The maximum Gasteiger partial charge on any atom is 0.240 e. The van der Waals surface area contributed by atoms with E-state index in [4.69, 9.17) is 4.74 Å². The predicted octanol–water partition coefficient (Wildman–Crippen LogP) is 1.27. The van der Waals surface area contributed by atoms with E-state index in [0.717, 1.165) is 4.90 Å². The van der Waals surface area contributed by atoms with Gasteiger partial charge in [-0.05, 0) is 24.3 Å². The van der Waals surface area contributed by atoms with Crippen LogP contribution in [0.2, 0.25) is 0 Å². The maximum atomic E-state index is 12.9. The van der Waals surface area contributed by atoms with Gasteiger partial charge in [-0.25, -0.2) is 9.29 Å². The van der Waals surface area contributed by atoms with Gasteiger partial charge in [0.1, 0.15) is 5.82 Å². The van der Waals surface area contributed by atoms with Crippen LogP contribution in [0, 0.1) is 17.7 Å². The Morgan fingerprint density at radius 3 is 2.00 bits per heavy atom. The SMILES string of the molecule is O=C1[C@@H]2[C@H](C(=O)N1c1ccc(F)cc1)[C@@H]1C=C[C@@H]2O1. The summed E-state index contributed by atoms with van der Waals surface area (Å²) >= 11 is 0. The van der Waals surface area contributed by atoms with E-state index < -0.39 is 17.7 Å². The molecule has 0 N–H and O–H groups in total. The Morgan fingerprint density at radius 1 is 0.947 bits per heavy atom. The van der Waals surface area contributed by atoms with E-state index in [0.29, 0.717) is 5.69 Å². The van der Waals surface area contributed by atoms with Gasteiger partial charge in [-0.1, -0.05) is 12.2 Å². The summed E-state index contributed by atoms with van der Waals surface area (Å²) in [6.45, 7) is 0. The number of nitrogens with zero attached hydrogens (tertiary/aromatic N) is 1. The van der Waals surface area contributed by atoms with E-state index in [2.05, 4.69) is 0 Å². The molecule has 4 rings (SSSR count). The molecule has 5 heteroatoms. The fourth-order valence-electron chi connectivity index (χ4n) is 3.15. The summed E-state index contributed by atoms with van der Waals surface area (Å²) in [5.74, 6) is -1.75. The zero-order chi connectivity index (χ0) is 13.1. The minimum absolute atomic E-state index is 0.251. The molecule has 0 saturated carbocycles. The fraction of sp³-hybridized carbons (Fsp3) is 0.286. The van der Waals surface area contributed by atoms with Gasteiger partial charge < -0.3 is 4.74 Å². The van der Waals surface area contributed by atoms with Crippen LogP contribution in [0.5, 0.6) is 0 Å². The summed E-state index contributed by atoms with van der Waals surface area (Å²) in [7, 11) is 0. The number of rotatable bonds is 1. The predicted molar refractivity (Wildman–Crippen MR) is 63.7 cm³/mol. The van der Waals surface area contributed by atoms with Crippen molar-refractivity contribution in [2.75, 3.05) is 4.90 Å². The highest BCUT2D eigenvalue weighted by molar-refractivity contribution is 6.23. The molecule has 0 radical (unpaired) electrons. The quantitative estimate of drug-likeness (QED) is 0.563. The van der Waals surface area contributed by atoms with Gasteiger partial charge in [-0.2, -0.15) is 0 Å². The molecule has 0 aromatic heterocycles. The number of ether oxygens (including phenoxy) is 1. The molecule has 96 valence electrons. The van der Waals surface area contributed by atoms with E-state index in [1.54, 1.807) is 0 Å². The number of imide groups is 1. The lowest BCUT2D eigenvalue weighted by molar-refractivity contribution is -0.124. The molecule has 3 aliphatic heterocycles. The van der Waals surface area contributed by atoms with Crippen LogP contribution in [0.4, 0.5) is 10.1 Å². The van der Waals surface area contributed by atoms with Crippen LogP contribution in [-0.4, -0.2) is 24.0 Å². The molecule has 0 spiro atoms. The third-order valence-corrected chi connectivity index (χ3v) is 4.00. The first-order valence-electron chi connectivity index (χ1n) is 6.14. The second-order valence-electron chi connectivity index (χ2n) is 4.99. The molecule has 4 nitrogen and oxygen atoms in total. The van der Waals surface area contributed by atoms with E-state index >= 15 is 0 Å². The summed E-state index contributed by atoms with van der Waals surface area (Å²) < 4.78 is 18.5. The number of amides is 2.